The lowest BCUT2D eigenvalue weighted by molar-refractivity contribution is 0.575. The first kappa shape index (κ1) is 15.0. The third-order valence-electron chi connectivity index (χ3n) is 3.11. The lowest BCUT2D eigenvalue weighted by atomic mass is 10.2. The second-order valence-corrected chi connectivity index (χ2v) is 5.48. The highest BCUT2D eigenvalue weighted by atomic mass is 32.1. The van der Waals surface area contributed by atoms with Crippen molar-refractivity contribution in [2.24, 2.45) is 10.1 Å². The van der Waals surface area contributed by atoms with Crippen molar-refractivity contribution in [3.8, 4) is 17.5 Å². The molecular formula is C17H14N4OS. The molecule has 0 radical (unpaired) electrons. The molecular weight excluding hydrogens is 308 g/mol. The Balaban J connectivity index is 2.00. The summed E-state index contributed by atoms with van der Waals surface area (Å²) in [5, 5.41) is 15.3. The van der Waals surface area contributed by atoms with Crippen LogP contribution >= 0.6 is 11.3 Å². The normalized spacial score (nSPS) is 11.9. The van der Waals surface area contributed by atoms with Gasteiger partial charge in [0, 0.05) is 11.9 Å². The zero-order valence-electron chi connectivity index (χ0n) is 12.5. The van der Waals surface area contributed by atoms with Crippen molar-refractivity contribution in [2.45, 2.75) is 6.92 Å². The van der Waals surface area contributed by atoms with E-state index >= 15 is 0 Å². The van der Waals surface area contributed by atoms with E-state index < -0.39 is 0 Å². The van der Waals surface area contributed by atoms with Gasteiger partial charge in [0.2, 0.25) is 4.80 Å². The van der Waals surface area contributed by atoms with Gasteiger partial charge in [-0.25, -0.2) is 4.68 Å². The molecule has 0 aliphatic heterocycles. The Bertz CT molecular complexity index is 909. The monoisotopic (exact) mass is 322 g/mol. The van der Waals surface area contributed by atoms with E-state index in [2.05, 4.69) is 16.2 Å². The lowest BCUT2D eigenvalue weighted by Gasteiger charge is -2.00. The van der Waals surface area contributed by atoms with Gasteiger partial charge in [-0.1, -0.05) is 12.1 Å². The smallest absolute Gasteiger partial charge is 0.206 e. The number of hydrogen-bond acceptors (Lipinski definition) is 5. The van der Waals surface area contributed by atoms with Gasteiger partial charge in [-0.05, 0) is 36.8 Å². The minimum Gasteiger partial charge on any atom is -0.463 e. The average Bonchev–Trinajstić information content (AvgIpc) is 3.23. The second-order valence-electron chi connectivity index (χ2n) is 4.65. The Hall–Kier alpha value is -2.91. The fourth-order valence-electron chi connectivity index (χ4n) is 2.02. The van der Waals surface area contributed by atoms with Gasteiger partial charge < -0.3 is 4.42 Å². The number of furan rings is 1. The maximum absolute atomic E-state index is 8.84. The summed E-state index contributed by atoms with van der Waals surface area (Å²) >= 11 is 1.52. The van der Waals surface area contributed by atoms with E-state index in [-0.39, 0.29) is 0 Å². The summed E-state index contributed by atoms with van der Waals surface area (Å²) in [6.07, 6.45) is 3.38. The van der Waals surface area contributed by atoms with Crippen molar-refractivity contribution in [3.63, 3.8) is 0 Å². The molecule has 0 saturated heterocycles. The van der Waals surface area contributed by atoms with Crippen molar-refractivity contribution < 1.29 is 4.42 Å². The summed E-state index contributed by atoms with van der Waals surface area (Å²) in [6.45, 7) is 2.67. The Labute approximate surface area is 137 Å². The molecule has 23 heavy (non-hydrogen) atoms. The molecule has 3 rings (SSSR count). The first-order valence-electron chi connectivity index (χ1n) is 7.11. The number of thiazole rings is 1. The number of rotatable bonds is 4. The molecule has 2 aromatic heterocycles. The predicted octanol–water partition coefficient (Wildman–Crippen LogP) is 3.48. The number of nitrogens with zero attached hydrogens (tertiary/aromatic N) is 4. The zero-order chi connectivity index (χ0) is 16.1. The maximum atomic E-state index is 8.84. The van der Waals surface area contributed by atoms with Crippen LogP contribution in [0.2, 0.25) is 0 Å². The highest BCUT2D eigenvalue weighted by Gasteiger charge is 2.09. The van der Waals surface area contributed by atoms with Crippen LogP contribution < -0.4 is 4.80 Å². The first-order valence-corrected chi connectivity index (χ1v) is 7.99. The summed E-state index contributed by atoms with van der Waals surface area (Å²) in [5.74, 6) is 0.746. The van der Waals surface area contributed by atoms with E-state index in [0.717, 1.165) is 21.8 Å². The highest BCUT2D eigenvalue weighted by Crippen LogP contribution is 2.20. The minimum absolute atomic E-state index is 0.628. The van der Waals surface area contributed by atoms with Gasteiger partial charge in [-0.15, -0.1) is 11.3 Å². The van der Waals surface area contributed by atoms with Crippen molar-refractivity contribution >= 4 is 17.6 Å². The molecule has 0 amide bonds. The molecule has 6 heteroatoms. The molecule has 0 bridgehead atoms. The molecule has 5 nitrogen and oxygen atoms in total. The Morgan fingerprint density at radius 1 is 1.30 bits per heavy atom. The fraction of sp³-hybridized carbons (Fsp3) is 0.118. The number of aromatic nitrogens is 1. The van der Waals surface area contributed by atoms with Crippen molar-refractivity contribution in [2.75, 3.05) is 6.54 Å². The number of benzene rings is 1. The van der Waals surface area contributed by atoms with Crippen LogP contribution in [0.15, 0.2) is 62.6 Å². The standard InChI is InChI=1S/C17H14N4OS/c1-2-19-17-21(15(12-23-17)16-4-3-9-22-16)20-11-14-7-5-13(10-18)6-8-14/h3-9,11-12H,2H2,1H3/b19-17?,20-11-. The van der Waals surface area contributed by atoms with Crippen LogP contribution in [0.4, 0.5) is 0 Å². The van der Waals surface area contributed by atoms with Gasteiger partial charge in [0.25, 0.3) is 0 Å². The van der Waals surface area contributed by atoms with Gasteiger partial charge in [0.05, 0.1) is 24.1 Å². The van der Waals surface area contributed by atoms with Crippen LogP contribution in [0.1, 0.15) is 18.1 Å². The molecule has 1 aromatic carbocycles. The summed E-state index contributed by atoms with van der Waals surface area (Å²) in [5.41, 5.74) is 2.40. The van der Waals surface area contributed by atoms with Crippen LogP contribution in [-0.2, 0) is 0 Å². The summed E-state index contributed by atoms with van der Waals surface area (Å²) < 4.78 is 7.24. The second kappa shape index (κ2) is 6.90. The van der Waals surface area contributed by atoms with Gasteiger partial charge in [-0.2, -0.15) is 10.4 Å². The van der Waals surface area contributed by atoms with Crippen LogP contribution in [0, 0.1) is 11.3 Å². The Morgan fingerprint density at radius 2 is 2.13 bits per heavy atom. The topological polar surface area (TPSA) is 66.6 Å². The SMILES string of the molecule is CCN=c1scc(-c2ccco2)n1/N=C\c1ccc(C#N)cc1. The largest absolute Gasteiger partial charge is 0.463 e. The van der Waals surface area contributed by atoms with Crippen LogP contribution in [0.5, 0.6) is 0 Å². The molecule has 3 aromatic rings. The van der Waals surface area contributed by atoms with E-state index in [1.54, 1.807) is 29.3 Å². The van der Waals surface area contributed by atoms with Crippen molar-refractivity contribution in [1.82, 2.24) is 4.68 Å². The van der Waals surface area contributed by atoms with Crippen LogP contribution in [-0.4, -0.2) is 17.4 Å². The van der Waals surface area contributed by atoms with Crippen molar-refractivity contribution in [1.29, 1.82) is 5.26 Å². The molecule has 0 aliphatic carbocycles. The number of nitriles is 1. The van der Waals surface area contributed by atoms with Gasteiger partial charge in [0.15, 0.2) is 5.76 Å². The minimum atomic E-state index is 0.628. The first-order chi connectivity index (χ1) is 11.3. The highest BCUT2D eigenvalue weighted by molar-refractivity contribution is 7.07. The van der Waals surface area contributed by atoms with E-state index in [4.69, 9.17) is 9.68 Å². The Morgan fingerprint density at radius 3 is 2.78 bits per heavy atom. The molecule has 0 spiro atoms. The molecule has 0 saturated carbocycles. The van der Waals surface area contributed by atoms with Crippen LogP contribution in [0.25, 0.3) is 11.5 Å². The molecule has 0 atom stereocenters. The molecule has 114 valence electrons. The predicted molar refractivity (Wildman–Crippen MR) is 90.3 cm³/mol. The molecule has 0 unspecified atom stereocenters. The quantitative estimate of drug-likeness (QED) is 0.690. The van der Waals surface area contributed by atoms with Gasteiger partial charge in [0.1, 0.15) is 5.69 Å². The zero-order valence-corrected chi connectivity index (χ0v) is 13.3. The van der Waals surface area contributed by atoms with E-state index in [0.29, 0.717) is 12.1 Å². The maximum Gasteiger partial charge on any atom is 0.206 e. The summed E-state index contributed by atoms with van der Waals surface area (Å²) in [4.78, 5) is 5.27. The summed E-state index contributed by atoms with van der Waals surface area (Å²) in [6, 6.07) is 13.1. The third-order valence-corrected chi connectivity index (χ3v) is 3.97. The van der Waals surface area contributed by atoms with Crippen LogP contribution in [0.3, 0.4) is 0 Å². The summed E-state index contributed by atoms with van der Waals surface area (Å²) in [7, 11) is 0. The Kier molecular flexibility index (Phi) is 4.50. The van der Waals surface area contributed by atoms with E-state index in [1.165, 1.54) is 11.3 Å². The molecule has 2 heterocycles. The fourth-order valence-corrected chi connectivity index (χ4v) is 2.90. The van der Waals surface area contributed by atoms with E-state index in [9.17, 15) is 0 Å². The average molecular weight is 322 g/mol. The van der Waals surface area contributed by atoms with Gasteiger partial charge >= 0.3 is 0 Å². The third kappa shape index (κ3) is 3.30. The molecule has 0 aliphatic rings. The van der Waals surface area contributed by atoms with Crippen molar-refractivity contribution in [3.05, 3.63) is 64.0 Å². The van der Waals surface area contributed by atoms with Gasteiger partial charge in [-0.3, -0.25) is 4.99 Å². The van der Waals surface area contributed by atoms with E-state index in [1.807, 2.05) is 36.6 Å². The lowest BCUT2D eigenvalue weighted by Crippen LogP contribution is -2.12. The number of hydrogen-bond donors (Lipinski definition) is 0. The molecule has 0 N–H and O–H groups in total. The molecule has 0 fully saturated rings.